The fraction of sp³-hybridized carbons (Fsp3) is 0.562. The lowest BCUT2D eigenvalue weighted by molar-refractivity contribution is 0.0853. The Labute approximate surface area is 141 Å². The minimum Gasteiger partial charge on any atom is -0.445 e. The monoisotopic (exact) mass is 357 g/mol. The summed E-state index contributed by atoms with van der Waals surface area (Å²) in [7, 11) is 1.90. The van der Waals surface area contributed by atoms with Crippen molar-refractivity contribution in [3.05, 3.63) is 35.9 Å². The van der Waals surface area contributed by atoms with E-state index in [1.807, 2.05) is 30.3 Å². The number of halogens is 1. The van der Waals surface area contributed by atoms with Crippen LogP contribution in [0.25, 0.3) is 0 Å². The van der Waals surface area contributed by atoms with Gasteiger partial charge in [0.15, 0.2) is 0 Å². The van der Waals surface area contributed by atoms with Crippen LogP contribution in [0.5, 0.6) is 0 Å². The average molecular weight is 358 g/mol. The predicted octanol–water partition coefficient (Wildman–Crippen LogP) is 3.14. The van der Waals surface area contributed by atoms with E-state index in [4.69, 9.17) is 15.4 Å². The van der Waals surface area contributed by atoms with Crippen LogP contribution in [0.3, 0.4) is 0 Å². The predicted molar refractivity (Wildman–Crippen MR) is 87.7 cm³/mol. The number of fused-ring (bicyclic) bond motifs is 1. The van der Waals surface area contributed by atoms with E-state index >= 15 is 0 Å². The highest BCUT2D eigenvalue weighted by atomic mass is 35.7. The third-order valence-corrected chi connectivity index (χ3v) is 6.23. The molecule has 0 unspecified atom stereocenters. The number of ether oxygens (including phenoxy) is 1. The summed E-state index contributed by atoms with van der Waals surface area (Å²) in [5.74, 6) is -0.0608. The van der Waals surface area contributed by atoms with Crippen molar-refractivity contribution < 1.29 is 17.9 Å². The summed E-state index contributed by atoms with van der Waals surface area (Å²) in [5.41, 5.74) is 0.535. The van der Waals surface area contributed by atoms with Gasteiger partial charge in [-0.3, -0.25) is 0 Å². The summed E-state index contributed by atoms with van der Waals surface area (Å²) in [6, 6.07) is 9.41. The van der Waals surface area contributed by atoms with E-state index in [-0.39, 0.29) is 24.5 Å². The van der Waals surface area contributed by atoms with E-state index in [1.54, 1.807) is 4.90 Å². The minimum absolute atomic E-state index is 0.0608. The molecule has 0 bridgehead atoms. The number of carbonyl (C=O) groups excluding carboxylic acids is 1. The molecule has 1 aliphatic carbocycles. The van der Waals surface area contributed by atoms with Crippen LogP contribution < -0.4 is 0 Å². The van der Waals surface area contributed by atoms with Crippen LogP contribution in [0.2, 0.25) is 0 Å². The number of amides is 1. The molecule has 1 aromatic carbocycles. The van der Waals surface area contributed by atoms with Crippen molar-refractivity contribution in [2.45, 2.75) is 38.3 Å². The second kappa shape index (κ2) is 6.32. The maximum absolute atomic E-state index is 12.4. The van der Waals surface area contributed by atoms with Crippen molar-refractivity contribution in [2.75, 3.05) is 12.3 Å². The first kappa shape index (κ1) is 16.6. The van der Waals surface area contributed by atoms with Crippen molar-refractivity contribution in [3.8, 4) is 0 Å². The fourth-order valence-electron chi connectivity index (χ4n) is 4.00. The van der Waals surface area contributed by atoms with E-state index in [2.05, 4.69) is 0 Å². The van der Waals surface area contributed by atoms with Gasteiger partial charge in [0.2, 0.25) is 9.05 Å². The van der Waals surface area contributed by atoms with Gasteiger partial charge in [-0.25, -0.2) is 13.2 Å². The summed E-state index contributed by atoms with van der Waals surface area (Å²) >= 11 is 0. The van der Waals surface area contributed by atoms with E-state index in [0.717, 1.165) is 24.8 Å². The van der Waals surface area contributed by atoms with Gasteiger partial charge in [-0.15, -0.1) is 0 Å². The standard InChI is InChI=1S/C16H20ClNO4S/c17-23(20,21)12-16-8-4-7-14(16)18(10-9-16)15(19)22-11-13-5-2-1-3-6-13/h1-3,5-6,14H,4,7-12H2/t14-,16-/m0/s1. The van der Waals surface area contributed by atoms with Crippen LogP contribution >= 0.6 is 10.7 Å². The van der Waals surface area contributed by atoms with E-state index < -0.39 is 14.5 Å². The molecule has 5 nitrogen and oxygen atoms in total. The molecule has 1 saturated carbocycles. The van der Waals surface area contributed by atoms with E-state index in [0.29, 0.717) is 13.0 Å². The molecule has 0 radical (unpaired) electrons. The minimum atomic E-state index is -3.58. The molecule has 1 amide bonds. The number of hydrogen-bond acceptors (Lipinski definition) is 4. The molecule has 2 fully saturated rings. The van der Waals surface area contributed by atoms with Crippen LogP contribution in [0.15, 0.2) is 30.3 Å². The summed E-state index contributed by atoms with van der Waals surface area (Å²) in [5, 5.41) is 0. The Morgan fingerprint density at radius 2 is 2.04 bits per heavy atom. The Hall–Kier alpha value is -1.27. The highest BCUT2D eigenvalue weighted by molar-refractivity contribution is 8.13. The maximum atomic E-state index is 12.4. The molecular formula is C16H20ClNO4S. The molecule has 1 saturated heterocycles. The quantitative estimate of drug-likeness (QED) is 0.776. The third-order valence-electron chi connectivity index (χ3n) is 4.99. The Balaban J connectivity index is 1.66. The lowest BCUT2D eigenvalue weighted by atomic mass is 9.84. The van der Waals surface area contributed by atoms with Gasteiger partial charge in [0.1, 0.15) is 6.61 Å². The first-order valence-electron chi connectivity index (χ1n) is 7.79. The van der Waals surface area contributed by atoms with E-state index in [9.17, 15) is 13.2 Å². The van der Waals surface area contributed by atoms with Crippen LogP contribution in [0, 0.1) is 5.41 Å². The molecule has 2 atom stereocenters. The molecule has 1 aromatic rings. The summed E-state index contributed by atoms with van der Waals surface area (Å²) in [4.78, 5) is 14.1. The fourth-order valence-corrected chi connectivity index (χ4v) is 5.82. The highest BCUT2D eigenvalue weighted by Crippen LogP contribution is 2.50. The number of benzene rings is 1. The second-order valence-electron chi connectivity index (χ2n) is 6.44. The van der Waals surface area contributed by atoms with Crippen LogP contribution in [0.1, 0.15) is 31.2 Å². The van der Waals surface area contributed by atoms with Crippen LogP contribution in [-0.4, -0.2) is 37.8 Å². The zero-order chi connectivity index (χ0) is 16.5. The van der Waals surface area contributed by atoms with Crippen molar-refractivity contribution >= 4 is 25.8 Å². The Morgan fingerprint density at radius 3 is 2.74 bits per heavy atom. The molecule has 2 aliphatic rings. The average Bonchev–Trinajstić information content (AvgIpc) is 3.02. The van der Waals surface area contributed by atoms with Gasteiger partial charge in [-0.2, -0.15) is 0 Å². The molecule has 0 spiro atoms. The van der Waals surface area contributed by atoms with Gasteiger partial charge < -0.3 is 9.64 Å². The van der Waals surface area contributed by atoms with Crippen molar-refractivity contribution in [1.29, 1.82) is 0 Å². The number of nitrogens with zero attached hydrogens (tertiary/aromatic N) is 1. The van der Waals surface area contributed by atoms with Gasteiger partial charge in [0.25, 0.3) is 0 Å². The SMILES string of the molecule is O=C(OCc1ccccc1)N1CC[C@]2(CS(=O)(=O)Cl)CCC[C@H]12. The van der Waals surface area contributed by atoms with Gasteiger partial charge in [0.05, 0.1) is 5.75 Å². The van der Waals surface area contributed by atoms with Crippen LogP contribution in [0.4, 0.5) is 4.79 Å². The summed E-state index contributed by atoms with van der Waals surface area (Å²) < 4.78 is 28.5. The number of carbonyl (C=O) groups is 1. The third kappa shape index (κ3) is 3.63. The Bertz CT molecular complexity index is 679. The highest BCUT2D eigenvalue weighted by Gasteiger charge is 2.53. The molecule has 1 heterocycles. The number of rotatable bonds is 4. The molecule has 126 valence electrons. The summed E-state index contributed by atoms with van der Waals surface area (Å²) in [6.07, 6.45) is 2.83. The zero-order valence-corrected chi connectivity index (χ0v) is 14.4. The maximum Gasteiger partial charge on any atom is 0.410 e. The van der Waals surface area contributed by atoms with Crippen molar-refractivity contribution in [1.82, 2.24) is 4.90 Å². The molecule has 0 aromatic heterocycles. The van der Waals surface area contributed by atoms with E-state index in [1.165, 1.54) is 0 Å². The molecular weight excluding hydrogens is 338 g/mol. The van der Waals surface area contributed by atoms with Gasteiger partial charge in [-0.05, 0) is 24.8 Å². The molecule has 0 N–H and O–H groups in total. The van der Waals surface area contributed by atoms with Crippen LogP contribution in [-0.2, 0) is 20.4 Å². The first-order valence-corrected chi connectivity index (χ1v) is 10.3. The first-order chi connectivity index (χ1) is 10.9. The number of hydrogen-bond donors (Lipinski definition) is 0. The second-order valence-corrected chi connectivity index (χ2v) is 9.21. The van der Waals surface area contributed by atoms with Crippen molar-refractivity contribution in [3.63, 3.8) is 0 Å². The molecule has 7 heteroatoms. The normalized spacial score (nSPS) is 27.0. The lowest BCUT2D eigenvalue weighted by Gasteiger charge is -2.30. The smallest absolute Gasteiger partial charge is 0.410 e. The lowest BCUT2D eigenvalue weighted by Crippen LogP contribution is -2.42. The molecule has 23 heavy (non-hydrogen) atoms. The Kier molecular flexibility index (Phi) is 4.56. The molecule has 3 rings (SSSR count). The van der Waals surface area contributed by atoms with Crippen molar-refractivity contribution in [2.24, 2.45) is 5.41 Å². The zero-order valence-electron chi connectivity index (χ0n) is 12.8. The van der Waals surface area contributed by atoms with Gasteiger partial charge in [-0.1, -0.05) is 36.8 Å². The number of likely N-dealkylation sites (tertiary alicyclic amines) is 1. The topological polar surface area (TPSA) is 63.7 Å². The summed E-state index contributed by atoms with van der Waals surface area (Å²) in [6.45, 7) is 0.758. The Morgan fingerprint density at radius 1 is 1.30 bits per heavy atom. The largest absolute Gasteiger partial charge is 0.445 e. The molecule has 1 aliphatic heterocycles. The van der Waals surface area contributed by atoms with Gasteiger partial charge in [0, 0.05) is 28.7 Å². The van der Waals surface area contributed by atoms with Gasteiger partial charge >= 0.3 is 6.09 Å².